The SMILES string of the molecule is CCCCC[C@H]1CC[C@H](c2ccc(C#Cc3ccc(OCCCC)cn3)cc2)CC1. The molecular weight excluding hydrogens is 366 g/mol. The summed E-state index contributed by atoms with van der Waals surface area (Å²) in [6.07, 6.45) is 15.1. The van der Waals surface area contributed by atoms with Crippen molar-refractivity contribution >= 4 is 0 Å². The van der Waals surface area contributed by atoms with Crippen molar-refractivity contribution in [2.75, 3.05) is 6.61 Å². The lowest BCUT2D eigenvalue weighted by Crippen LogP contribution is -2.13. The number of pyridine rings is 1. The maximum Gasteiger partial charge on any atom is 0.137 e. The number of unbranched alkanes of at least 4 members (excludes halogenated alkanes) is 3. The van der Waals surface area contributed by atoms with Gasteiger partial charge in [-0.15, -0.1) is 0 Å². The summed E-state index contributed by atoms with van der Waals surface area (Å²) < 4.78 is 5.66. The Labute approximate surface area is 183 Å². The van der Waals surface area contributed by atoms with Gasteiger partial charge in [-0.1, -0.05) is 64.0 Å². The molecule has 1 aromatic heterocycles. The van der Waals surface area contributed by atoms with Crippen molar-refractivity contribution in [2.24, 2.45) is 5.92 Å². The van der Waals surface area contributed by atoms with Crippen LogP contribution in [0.15, 0.2) is 42.6 Å². The lowest BCUT2D eigenvalue weighted by molar-refractivity contribution is 0.303. The third-order valence-corrected chi connectivity index (χ3v) is 6.28. The first-order chi connectivity index (χ1) is 14.8. The molecule has 2 aromatic rings. The smallest absolute Gasteiger partial charge is 0.137 e. The van der Waals surface area contributed by atoms with Crippen LogP contribution in [0.1, 0.15) is 101 Å². The molecule has 0 amide bonds. The first-order valence-corrected chi connectivity index (χ1v) is 12.0. The predicted molar refractivity (Wildman–Crippen MR) is 126 cm³/mol. The van der Waals surface area contributed by atoms with Crippen molar-refractivity contribution in [3.8, 4) is 17.6 Å². The van der Waals surface area contributed by atoms with Gasteiger partial charge in [0.15, 0.2) is 0 Å². The first-order valence-electron chi connectivity index (χ1n) is 12.0. The molecule has 1 aliphatic rings. The topological polar surface area (TPSA) is 22.1 Å². The summed E-state index contributed by atoms with van der Waals surface area (Å²) in [5.41, 5.74) is 3.32. The van der Waals surface area contributed by atoms with Crippen molar-refractivity contribution in [1.82, 2.24) is 4.98 Å². The number of benzene rings is 1. The second-order valence-corrected chi connectivity index (χ2v) is 8.67. The second-order valence-electron chi connectivity index (χ2n) is 8.67. The van der Waals surface area contributed by atoms with E-state index in [-0.39, 0.29) is 0 Å². The fourth-order valence-corrected chi connectivity index (χ4v) is 4.32. The molecule has 2 heteroatoms. The molecule has 160 valence electrons. The molecule has 0 N–H and O–H groups in total. The summed E-state index contributed by atoms with van der Waals surface area (Å²) in [5.74, 6) is 8.93. The third kappa shape index (κ3) is 7.21. The molecule has 1 fully saturated rings. The van der Waals surface area contributed by atoms with Crippen LogP contribution in [0.4, 0.5) is 0 Å². The van der Waals surface area contributed by atoms with Gasteiger partial charge in [0.2, 0.25) is 0 Å². The van der Waals surface area contributed by atoms with Crippen molar-refractivity contribution in [3.05, 3.63) is 59.4 Å². The maximum absolute atomic E-state index is 5.66. The van der Waals surface area contributed by atoms with Crippen molar-refractivity contribution in [3.63, 3.8) is 0 Å². The number of hydrogen-bond donors (Lipinski definition) is 0. The van der Waals surface area contributed by atoms with Crippen LogP contribution in [0, 0.1) is 17.8 Å². The Balaban J connectivity index is 1.48. The van der Waals surface area contributed by atoms with E-state index in [0.717, 1.165) is 48.3 Å². The summed E-state index contributed by atoms with van der Waals surface area (Å²) >= 11 is 0. The van der Waals surface area contributed by atoms with E-state index in [1.54, 1.807) is 6.20 Å². The van der Waals surface area contributed by atoms with Crippen LogP contribution in [-0.4, -0.2) is 11.6 Å². The highest BCUT2D eigenvalue weighted by atomic mass is 16.5. The molecule has 0 spiro atoms. The number of ether oxygens (including phenoxy) is 1. The zero-order valence-corrected chi connectivity index (χ0v) is 18.8. The Hall–Kier alpha value is -2.27. The Kier molecular flexibility index (Phi) is 9.29. The number of aromatic nitrogens is 1. The van der Waals surface area contributed by atoms with Gasteiger partial charge in [0.25, 0.3) is 0 Å². The van der Waals surface area contributed by atoms with E-state index in [4.69, 9.17) is 4.74 Å². The molecule has 30 heavy (non-hydrogen) atoms. The Morgan fingerprint density at radius 2 is 1.63 bits per heavy atom. The summed E-state index contributed by atoms with van der Waals surface area (Å²) in [4.78, 5) is 4.40. The molecular formula is C28H37NO. The minimum Gasteiger partial charge on any atom is -0.492 e. The Morgan fingerprint density at radius 3 is 2.30 bits per heavy atom. The average molecular weight is 404 g/mol. The largest absolute Gasteiger partial charge is 0.492 e. The van der Waals surface area contributed by atoms with E-state index in [1.165, 1.54) is 56.9 Å². The van der Waals surface area contributed by atoms with E-state index < -0.39 is 0 Å². The normalized spacial score (nSPS) is 18.5. The van der Waals surface area contributed by atoms with E-state index in [1.807, 2.05) is 12.1 Å². The van der Waals surface area contributed by atoms with Gasteiger partial charge in [0.05, 0.1) is 12.8 Å². The Bertz CT molecular complexity index is 789. The molecule has 0 radical (unpaired) electrons. The summed E-state index contributed by atoms with van der Waals surface area (Å²) in [5, 5.41) is 0. The summed E-state index contributed by atoms with van der Waals surface area (Å²) in [6.45, 7) is 5.20. The predicted octanol–water partition coefficient (Wildman–Crippen LogP) is 7.51. The van der Waals surface area contributed by atoms with Crippen LogP contribution in [-0.2, 0) is 0 Å². The minimum absolute atomic E-state index is 0.733. The number of nitrogens with zero attached hydrogens (tertiary/aromatic N) is 1. The van der Waals surface area contributed by atoms with Gasteiger partial charge in [-0.2, -0.15) is 0 Å². The van der Waals surface area contributed by atoms with Crippen LogP contribution in [0.25, 0.3) is 0 Å². The van der Waals surface area contributed by atoms with Gasteiger partial charge < -0.3 is 4.74 Å². The highest BCUT2D eigenvalue weighted by molar-refractivity contribution is 5.42. The lowest BCUT2D eigenvalue weighted by Gasteiger charge is -2.29. The molecule has 1 saturated carbocycles. The molecule has 0 aliphatic heterocycles. The molecule has 1 heterocycles. The lowest BCUT2D eigenvalue weighted by atomic mass is 9.77. The molecule has 0 unspecified atom stereocenters. The summed E-state index contributed by atoms with van der Waals surface area (Å²) in [6, 6.07) is 12.8. The van der Waals surface area contributed by atoms with Crippen molar-refractivity contribution < 1.29 is 4.74 Å². The fraction of sp³-hybridized carbons (Fsp3) is 0.536. The average Bonchev–Trinajstić information content (AvgIpc) is 2.80. The quantitative estimate of drug-likeness (QED) is 0.319. The van der Waals surface area contributed by atoms with E-state index in [2.05, 4.69) is 54.9 Å². The molecule has 1 aromatic carbocycles. The molecule has 1 aliphatic carbocycles. The van der Waals surface area contributed by atoms with E-state index >= 15 is 0 Å². The van der Waals surface area contributed by atoms with Gasteiger partial charge in [-0.05, 0) is 79.7 Å². The zero-order valence-electron chi connectivity index (χ0n) is 18.8. The van der Waals surface area contributed by atoms with Gasteiger partial charge in [-0.3, -0.25) is 0 Å². The molecule has 2 nitrogen and oxygen atoms in total. The van der Waals surface area contributed by atoms with Crippen LogP contribution < -0.4 is 4.74 Å². The van der Waals surface area contributed by atoms with Crippen LogP contribution in [0.5, 0.6) is 5.75 Å². The highest BCUT2D eigenvalue weighted by Gasteiger charge is 2.21. The maximum atomic E-state index is 5.66. The zero-order chi connectivity index (χ0) is 21.0. The van der Waals surface area contributed by atoms with Crippen molar-refractivity contribution in [2.45, 2.75) is 84.0 Å². The van der Waals surface area contributed by atoms with Crippen molar-refractivity contribution in [1.29, 1.82) is 0 Å². The van der Waals surface area contributed by atoms with Crippen LogP contribution >= 0.6 is 0 Å². The first kappa shape index (κ1) is 22.4. The molecule has 0 saturated heterocycles. The Morgan fingerprint density at radius 1 is 0.867 bits per heavy atom. The van der Waals surface area contributed by atoms with Gasteiger partial charge >= 0.3 is 0 Å². The monoisotopic (exact) mass is 403 g/mol. The molecule has 3 rings (SSSR count). The molecule has 0 atom stereocenters. The van der Waals surface area contributed by atoms with Gasteiger partial charge in [0, 0.05) is 5.56 Å². The van der Waals surface area contributed by atoms with E-state index in [0.29, 0.717) is 0 Å². The van der Waals surface area contributed by atoms with Crippen LogP contribution in [0.3, 0.4) is 0 Å². The molecule has 0 bridgehead atoms. The fourth-order valence-electron chi connectivity index (χ4n) is 4.32. The summed E-state index contributed by atoms with van der Waals surface area (Å²) in [7, 11) is 0. The number of rotatable bonds is 9. The minimum atomic E-state index is 0.733. The van der Waals surface area contributed by atoms with E-state index in [9.17, 15) is 0 Å². The standard InChI is InChI=1S/C28H37NO/c1-3-5-7-8-23-9-14-25(15-10-23)26-16-11-24(12-17-26)13-18-27-19-20-28(22-29-27)30-21-6-4-2/h11-12,16-17,19-20,22-23,25H,3-10,14-15,21H2,1-2H3/t23-,25-. The second kappa shape index (κ2) is 12.4. The van der Waals surface area contributed by atoms with Gasteiger partial charge in [-0.25, -0.2) is 4.98 Å². The highest BCUT2D eigenvalue weighted by Crippen LogP contribution is 2.37. The van der Waals surface area contributed by atoms with Crippen LogP contribution in [0.2, 0.25) is 0 Å². The van der Waals surface area contributed by atoms with Gasteiger partial charge in [0.1, 0.15) is 11.4 Å². The third-order valence-electron chi connectivity index (χ3n) is 6.28. The number of hydrogen-bond acceptors (Lipinski definition) is 2.